The van der Waals surface area contributed by atoms with Crippen molar-refractivity contribution < 1.29 is 17.6 Å². The van der Waals surface area contributed by atoms with Crippen molar-refractivity contribution in [1.82, 2.24) is 14.2 Å². The number of carbonyl (C=O) groups excluding carboxylic acids is 1. The van der Waals surface area contributed by atoms with Crippen molar-refractivity contribution in [1.29, 1.82) is 0 Å². The fourth-order valence-corrected chi connectivity index (χ4v) is 4.32. The van der Waals surface area contributed by atoms with E-state index in [4.69, 9.17) is 4.42 Å². The SMILES string of the molecule is C[C@@H]1CCCCN1C(=O)CCNS(=O)(=O)c1ccc2c(c1)oc(=O)n2C. The van der Waals surface area contributed by atoms with Gasteiger partial charge in [0.2, 0.25) is 15.9 Å². The van der Waals surface area contributed by atoms with Crippen LogP contribution < -0.4 is 10.5 Å². The van der Waals surface area contributed by atoms with Crippen molar-refractivity contribution in [3.63, 3.8) is 0 Å². The Labute approximate surface area is 151 Å². The molecule has 0 aliphatic carbocycles. The number of fused-ring (bicyclic) bond motifs is 1. The van der Waals surface area contributed by atoms with Crippen LogP contribution in [0, 0.1) is 0 Å². The van der Waals surface area contributed by atoms with Crippen LogP contribution in [-0.4, -0.2) is 42.9 Å². The van der Waals surface area contributed by atoms with E-state index in [2.05, 4.69) is 4.72 Å². The molecule has 9 heteroatoms. The van der Waals surface area contributed by atoms with E-state index in [-0.39, 0.29) is 35.4 Å². The van der Waals surface area contributed by atoms with Crippen LogP contribution in [0.2, 0.25) is 0 Å². The zero-order valence-corrected chi connectivity index (χ0v) is 15.7. The molecule has 0 spiro atoms. The van der Waals surface area contributed by atoms with Gasteiger partial charge in [-0.25, -0.2) is 17.9 Å². The van der Waals surface area contributed by atoms with Crippen molar-refractivity contribution in [2.45, 2.75) is 43.5 Å². The smallest absolute Gasteiger partial charge is 0.408 e. The molecule has 1 aromatic carbocycles. The lowest BCUT2D eigenvalue weighted by molar-refractivity contribution is -0.134. The van der Waals surface area contributed by atoms with Gasteiger partial charge < -0.3 is 9.32 Å². The summed E-state index contributed by atoms with van der Waals surface area (Å²) in [6.45, 7) is 2.78. The fraction of sp³-hybridized carbons (Fsp3) is 0.529. The Hall–Kier alpha value is -2.13. The fourth-order valence-electron chi connectivity index (χ4n) is 3.27. The largest absolute Gasteiger partial charge is 0.419 e. The van der Waals surface area contributed by atoms with E-state index in [1.165, 1.54) is 22.8 Å². The van der Waals surface area contributed by atoms with Gasteiger partial charge in [0, 0.05) is 38.7 Å². The Kier molecular flexibility index (Phi) is 5.19. The number of aromatic nitrogens is 1. The Morgan fingerprint density at radius 1 is 1.35 bits per heavy atom. The molecule has 8 nitrogen and oxygen atoms in total. The van der Waals surface area contributed by atoms with Crippen LogP contribution >= 0.6 is 0 Å². The number of likely N-dealkylation sites (tertiary alicyclic amines) is 1. The maximum absolute atomic E-state index is 12.4. The van der Waals surface area contributed by atoms with Gasteiger partial charge in [0.05, 0.1) is 10.4 Å². The van der Waals surface area contributed by atoms with Gasteiger partial charge in [-0.2, -0.15) is 0 Å². The van der Waals surface area contributed by atoms with E-state index in [9.17, 15) is 18.0 Å². The first-order valence-corrected chi connectivity index (χ1v) is 10.2. The summed E-state index contributed by atoms with van der Waals surface area (Å²) in [7, 11) is -2.24. The van der Waals surface area contributed by atoms with Gasteiger partial charge in [-0.05, 0) is 38.3 Å². The predicted octanol–water partition coefficient (Wildman–Crippen LogP) is 1.20. The third kappa shape index (κ3) is 3.68. The number of benzene rings is 1. The zero-order valence-electron chi connectivity index (χ0n) is 14.9. The molecule has 26 heavy (non-hydrogen) atoms. The van der Waals surface area contributed by atoms with Gasteiger partial charge in [0.25, 0.3) is 0 Å². The molecule has 142 valence electrons. The number of rotatable bonds is 5. The second kappa shape index (κ2) is 7.24. The quantitative estimate of drug-likeness (QED) is 0.839. The van der Waals surface area contributed by atoms with Crippen LogP contribution in [-0.2, 0) is 21.9 Å². The molecule has 1 fully saturated rings. The highest BCUT2D eigenvalue weighted by atomic mass is 32.2. The molecule has 2 aromatic rings. The summed E-state index contributed by atoms with van der Waals surface area (Å²) >= 11 is 0. The third-order valence-electron chi connectivity index (χ3n) is 4.83. The summed E-state index contributed by atoms with van der Waals surface area (Å²) in [5, 5.41) is 0. The topological polar surface area (TPSA) is 102 Å². The minimum Gasteiger partial charge on any atom is -0.408 e. The van der Waals surface area contributed by atoms with Crippen molar-refractivity contribution >= 4 is 27.0 Å². The zero-order chi connectivity index (χ0) is 18.9. The first kappa shape index (κ1) is 18.7. The standard InChI is InChI=1S/C17H23N3O5S/c1-12-5-3-4-10-20(12)16(21)8-9-18-26(23,24)13-6-7-14-15(11-13)25-17(22)19(14)2/h6-7,11-12,18H,3-5,8-10H2,1-2H3/t12-/m1/s1. The van der Waals surface area contributed by atoms with Gasteiger partial charge in [-0.1, -0.05) is 0 Å². The number of amides is 1. The highest BCUT2D eigenvalue weighted by Gasteiger charge is 2.23. The Balaban J connectivity index is 1.65. The number of nitrogens with one attached hydrogen (secondary N) is 1. The lowest BCUT2D eigenvalue weighted by atomic mass is 10.0. The number of aryl methyl sites for hydroxylation is 1. The Morgan fingerprint density at radius 3 is 2.85 bits per heavy atom. The van der Waals surface area contributed by atoms with Crippen molar-refractivity contribution in [3.05, 3.63) is 28.7 Å². The van der Waals surface area contributed by atoms with E-state index in [0.29, 0.717) is 5.52 Å². The molecule has 3 rings (SSSR count). The monoisotopic (exact) mass is 381 g/mol. The predicted molar refractivity (Wildman–Crippen MR) is 96.3 cm³/mol. The molecule has 1 aliphatic heterocycles. The van der Waals surface area contributed by atoms with Gasteiger partial charge in [0.1, 0.15) is 0 Å². The van der Waals surface area contributed by atoms with Gasteiger partial charge in [-0.3, -0.25) is 9.36 Å². The number of nitrogens with zero attached hydrogens (tertiary/aromatic N) is 2. The van der Waals surface area contributed by atoms with Crippen LogP contribution in [0.1, 0.15) is 32.6 Å². The average molecular weight is 381 g/mol. The van der Waals surface area contributed by atoms with E-state index >= 15 is 0 Å². The minimum absolute atomic E-state index is 0.00172. The number of oxazole rings is 1. The average Bonchev–Trinajstić information content (AvgIpc) is 2.89. The maximum atomic E-state index is 12.4. The molecular weight excluding hydrogens is 358 g/mol. The van der Waals surface area contributed by atoms with Crippen LogP contribution in [0.3, 0.4) is 0 Å². The highest BCUT2D eigenvalue weighted by Crippen LogP contribution is 2.19. The van der Waals surface area contributed by atoms with E-state index in [1.807, 2.05) is 11.8 Å². The molecule has 0 bridgehead atoms. The van der Waals surface area contributed by atoms with Crippen LogP contribution in [0.15, 0.2) is 32.3 Å². The molecule has 2 heterocycles. The van der Waals surface area contributed by atoms with Crippen LogP contribution in [0.4, 0.5) is 0 Å². The molecule has 0 unspecified atom stereocenters. The van der Waals surface area contributed by atoms with Crippen LogP contribution in [0.25, 0.3) is 11.1 Å². The minimum atomic E-state index is -3.79. The Bertz CT molecular complexity index is 976. The normalized spacial score (nSPS) is 18.4. The summed E-state index contributed by atoms with van der Waals surface area (Å²) in [4.78, 5) is 25.6. The van der Waals surface area contributed by atoms with E-state index in [1.54, 1.807) is 7.05 Å². The maximum Gasteiger partial charge on any atom is 0.419 e. The Morgan fingerprint density at radius 2 is 2.12 bits per heavy atom. The summed E-state index contributed by atoms with van der Waals surface area (Å²) in [5.41, 5.74) is 0.724. The van der Waals surface area contributed by atoms with E-state index < -0.39 is 15.8 Å². The summed E-state index contributed by atoms with van der Waals surface area (Å²) in [6, 6.07) is 4.45. The molecule has 1 amide bonds. The lowest BCUT2D eigenvalue weighted by Crippen LogP contribution is -2.43. The van der Waals surface area contributed by atoms with Crippen molar-refractivity contribution in [2.24, 2.45) is 7.05 Å². The first-order chi connectivity index (χ1) is 12.3. The molecule has 0 saturated carbocycles. The van der Waals surface area contributed by atoms with Crippen molar-refractivity contribution in [2.75, 3.05) is 13.1 Å². The molecule has 1 N–H and O–H groups in total. The molecule has 1 aliphatic rings. The second-order valence-corrected chi connectivity index (χ2v) is 8.40. The summed E-state index contributed by atoms with van der Waals surface area (Å²) in [5.74, 6) is -0.590. The number of sulfonamides is 1. The second-order valence-electron chi connectivity index (χ2n) is 6.64. The van der Waals surface area contributed by atoms with Crippen molar-refractivity contribution in [3.8, 4) is 0 Å². The summed E-state index contributed by atoms with van der Waals surface area (Å²) in [6.07, 6.45) is 3.21. The molecule has 0 radical (unpaired) electrons. The van der Waals surface area contributed by atoms with E-state index in [0.717, 1.165) is 25.8 Å². The van der Waals surface area contributed by atoms with Gasteiger partial charge >= 0.3 is 5.76 Å². The molecule has 1 atom stereocenters. The molecule has 1 saturated heterocycles. The number of piperidine rings is 1. The highest BCUT2D eigenvalue weighted by molar-refractivity contribution is 7.89. The number of hydrogen-bond acceptors (Lipinski definition) is 5. The van der Waals surface area contributed by atoms with Gasteiger partial charge in [0.15, 0.2) is 5.58 Å². The third-order valence-corrected chi connectivity index (χ3v) is 6.29. The first-order valence-electron chi connectivity index (χ1n) is 8.68. The van der Waals surface area contributed by atoms with Crippen LogP contribution in [0.5, 0.6) is 0 Å². The number of hydrogen-bond donors (Lipinski definition) is 1. The molecular formula is C17H23N3O5S. The lowest BCUT2D eigenvalue weighted by Gasteiger charge is -2.33. The van der Waals surface area contributed by atoms with Gasteiger partial charge in [-0.15, -0.1) is 0 Å². The molecule has 1 aromatic heterocycles. The summed E-state index contributed by atoms with van der Waals surface area (Å²) < 4.78 is 33.6. The number of carbonyl (C=O) groups is 1.